The maximum absolute atomic E-state index is 11.9. The van der Waals surface area contributed by atoms with E-state index >= 15 is 0 Å². The van der Waals surface area contributed by atoms with Crippen molar-refractivity contribution < 1.29 is 9.90 Å². The van der Waals surface area contributed by atoms with Crippen molar-refractivity contribution in [3.05, 3.63) is 17.1 Å². The van der Waals surface area contributed by atoms with E-state index < -0.39 is 5.60 Å². The summed E-state index contributed by atoms with van der Waals surface area (Å²) >= 11 is 0. The number of aromatic nitrogens is 2. The molecule has 1 saturated heterocycles. The molecule has 0 spiro atoms. The molecule has 26 heavy (non-hydrogen) atoms. The van der Waals surface area contributed by atoms with Gasteiger partial charge >= 0.3 is 0 Å². The van der Waals surface area contributed by atoms with E-state index in [0.717, 1.165) is 49.4 Å². The molecule has 0 radical (unpaired) electrons. The smallest absolute Gasteiger partial charge is 0.288 e. The second-order valence-corrected chi connectivity index (χ2v) is 8.01. The third-order valence-electron chi connectivity index (χ3n) is 4.99. The van der Waals surface area contributed by atoms with Crippen LogP contribution < -0.4 is 15.5 Å². The molecule has 0 saturated carbocycles. The van der Waals surface area contributed by atoms with Crippen LogP contribution in [0.2, 0.25) is 0 Å². The zero-order valence-corrected chi connectivity index (χ0v) is 16.9. The van der Waals surface area contributed by atoms with Crippen LogP contribution in [0.25, 0.3) is 0 Å². The molecule has 0 aromatic carbocycles. The number of aliphatic hydroxyl groups is 1. The van der Waals surface area contributed by atoms with Crippen LogP contribution in [0.3, 0.4) is 0 Å². The molecule has 1 aliphatic heterocycles. The summed E-state index contributed by atoms with van der Waals surface area (Å²) in [4.78, 5) is 23.0. The van der Waals surface area contributed by atoms with Gasteiger partial charge in [0.05, 0.1) is 5.60 Å². The topological polar surface area (TPSA) is 90.4 Å². The van der Waals surface area contributed by atoms with Crippen LogP contribution in [-0.2, 0) is 0 Å². The van der Waals surface area contributed by atoms with Gasteiger partial charge in [0.1, 0.15) is 5.82 Å². The molecular weight excluding hydrogens is 330 g/mol. The van der Waals surface area contributed by atoms with Gasteiger partial charge in [0, 0.05) is 43.5 Å². The fourth-order valence-electron chi connectivity index (χ4n) is 3.28. The number of carbonyl (C=O) groups excluding carboxylic acids is 1. The molecule has 1 fully saturated rings. The molecule has 1 aliphatic rings. The summed E-state index contributed by atoms with van der Waals surface area (Å²) in [7, 11) is 1.59. The van der Waals surface area contributed by atoms with Crippen LogP contribution in [-0.4, -0.2) is 58.8 Å². The van der Waals surface area contributed by atoms with Gasteiger partial charge in [-0.15, -0.1) is 0 Å². The molecule has 7 heteroatoms. The average Bonchev–Trinajstić information content (AvgIpc) is 3.02. The molecule has 0 aliphatic carbocycles. The third-order valence-corrected chi connectivity index (χ3v) is 4.99. The summed E-state index contributed by atoms with van der Waals surface area (Å²) in [5, 5.41) is 16.1. The van der Waals surface area contributed by atoms with Crippen molar-refractivity contribution in [2.45, 2.75) is 71.6 Å². The number of hydrogen-bond donors (Lipinski definition) is 3. The molecule has 2 atom stereocenters. The molecule has 1 aromatic heterocycles. The van der Waals surface area contributed by atoms with Gasteiger partial charge in [0.2, 0.25) is 5.82 Å². The molecule has 146 valence electrons. The van der Waals surface area contributed by atoms with Gasteiger partial charge in [-0.05, 0) is 53.9 Å². The third kappa shape index (κ3) is 5.38. The molecule has 2 rings (SSSR count). The highest BCUT2D eigenvalue weighted by atomic mass is 16.3. The lowest BCUT2D eigenvalue weighted by Gasteiger charge is -2.24. The largest absolute Gasteiger partial charge is 0.390 e. The van der Waals surface area contributed by atoms with Gasteiger partial charge in [0.15, 0.2) is 0 Å². The van der Waals surface area contributed by atoms with E-state index in [4.69, 9.17) is 0 Å². The molecule has 1 aromatic rings. The fraction of sp³-hybridized carbons (Fsp3) is 0.737. The van der Waals surface area contributed by atoms with E-state index in [-0.39, 0.29) is 11.7 Å². The van der Waals surface area contributed by atoms with Crippen molar-refractivity contribution in [1.29, 1.82) is 0 Å². The highest BCUT2D eigenvalue weighted by Crippen LogP contribution is 2.24. The van der Waals surface area contributed by atoms with Crippen LogP contribution in [0.15, 0.2) is 0 Å². The van der Waals surface area contributed by atoms with Gasteiger partial charge in [-0.2, -0.15) is 0 Å². The van der Waals surface area contributed by atoms with E-state index in [1.165, 1.54) is 0 Å². The standard InChI is InChI=1S/C19H33N5O2/c1-12(7-9-19(4,5)26)21-15-8-10-24(11-15)17-13(2)14(3)22-16(23-17)18(25)20-6/h12,15,21,26H,7-11H2,1-6H3,(H,20,25)/t12?,15-/m1/s1. The van der Waals surface area contributed by atoms with Crippen LogP contribution in [0.4, 0.5) is 5.82 Å². The zero-order chi connectivity index (χ0) is 19.5. The number of amides is 1. The van der Waals surface area contributed by atoms with E-state index in [1.54, 1.807) is 7.05 Å². The van der Waals surface area contributed by atoms with E-state index in [1.807, 2.05) is 27.7 Å². The number of rotatable bonds is 7. The Morgan fingerprint density at radius 2 is 2.08 bits per heavy atom. The molecule has 2 heterocycles. The Labute approximate surface area is 156 Å². The van der Waals surface area contributed by atoms with Crippen LogP contribution in [0, 0.1) is 13.8 Å². The molecular formula is C19H33N5O2. The van der Waals surface area contributed by atoms with Crippen molar-refractivity contribution in [1.82, 2.24) is 20.6 Å². The number of aryl methyl sites for hydroxylation is 1. The first kappa shape index (κ1) is 20.6. The lowest BCUT2D eigenvalue weighted by molar-refractivity contribution is 0.0656. The Balaban J connectivity index is 2.02. The monoisotopic (exact) mass is 363 g/mol. The van der Waals surface area contributed by atoms with E-state index in [0.29, 0.717) is 12.1 Å². The lowest BCUT2D eigenvalue weighted by Crippen LogP contribution is -2.39. The first-order valence-electron chi connectivity index (χ1n) is 9.41. The molecule has 7 nitrogen and oxygen atoms in total. The van der Waals surface area contributed by atoms with E-state index in [9.17, 15) is 9.90 Å². The Bertz CT molecular complexity index is 642. The SMILES string of the molecule is CNC(=O)c1nc(C)c(C)c(N2CC[C@@H](NC(C)CCC(C)(C)O)C2)n1. The normalized spacial score (nSPS) is 18.9. The van der Waals surface area contributed by atoms with E-state index in [2.05, 4.69) is 32.4 Å². The Morgan fingerprint density at radius 1 is 1.38 bits per heavy atom. The Morgan fingerprint density at radius 3 is 2.69 bits per heavy atom. The van der Waals surface area contributed by atoms with Gasteiger partial charge in [-0.1, -0.05) is 0 Å². The minimum Gasteiger partial charge on any atom is -0.390 e. The van der Waals surface area contributed by atoms with Crippen LogP contribution >= 0.6 is 0 Å². The zero-order valence-electron chi connectivity index (χ0n) is 16.9. The summed E-state index contributed by atoms with van der Waals surface area (Å²) in [6.07, 6.45) is 2.74. The Hall–Kier alpha value is -1.73. The summed E-state index contributed by atoms with van der Waals surface area (Å²) < 4.78 is 0. The second kappa shape index (κ2) is 8.31. The summed E-state index contributed by atoms with van der Waals surface area (Å²) in [6.45, 7) is 11.5. The number of nitrogens with zero attached hydrogens (tertiary/aromatic N) is 3. The first-order chi connectivity index (χ1) is 12.1. The molecule has 3 N–H and O–H groups in total. The maximum atomic E-state index is 11.9. The van der Waals surface area contributed by atoms with Crippen LogP contribution in [0.5, 0.6) is 0 Å². The number of anilines is 1. The number of hydrogen-bond acceptors (Lipinski definition) is 6. The second-order valence-electron chi connectivity index (χ2n) is 8.01. The number of nitrogens with one attached hydrogen (secondary N) is 2. The first-order valence-corrected chi connectivity index (χ1v) is 9.41. The fourth-order valence-corrected chi connectivity index (χ4v) is 3.28. The minimum absolute atomic E-state index is 0.223. The van der Waals surface area contributed by atoms with Crippen LogP contribution in [0.1, 0.15) is 61.9 Å². The number of carbonyl (C=O) groups is 1. The van der Waals surface area contributed by atoms with Crippen molar-refractivity contribution in [2.24, 2.45) is 0 Å². The highest BCUT2D eigenvalue weighted by molar-refractivity contribution is 5.90. The molecule has 1 amide bonds. The van der Waals surface area contributed by atoms with Gasteiger partial charge < -0.3 is 20.6 Å². The quantitative estimate of drug-likeness (QED) is 0.681. The van der Waals surface area contributed by atoms with Gasteiger partial charge in [-0.25, -0.2) is 9.97 Å². The van der Waals surface area contributed by atoms with Crippen molar-refractivity contribution >= 4 is 11.7 Å². The lowest BCUT2D eigenvalue weighted by atomic mass is 9.99. The minimum atomic E-state index is -0.622. The predicted molar refractivity (Wildman–Crippen MR) is 104 cm³/mol. The van der Waals surface area contributed by atoms with Crippen molar-refractivity contribution in [3.8, 4) is 0 Å². The summed E-state index contributed by atoms with van der Waals surface area (Å²) in [5.41, 5.74) is 1.24. The summed E-state index contributed by atoms with van der Waals surface area (Å²) in [6, 6.07) is 0.728. The van der Waals surface area contributed by atoms with Gasteiger partial charge in [0.25, 0.3) is 5.91 Å². The highest BCUT2D eigenvalue weighted by Gasteiger charge is 2.27. The molecule has 0 bridgehead atoms. The average molecular weight is 364 g/mol. The summed E-state index contributed by atoms with van der Waals surface area (Å²) in [5.74, 6) is 0.813. The van der Waals surface area contributed by atoms with Gasteiger partial charge in [-0.3, -0.25) is 4.79 Å². The molecule has 1 unspecified atom stereocenters. The van der Waals surface area contributed by atoms with Crippen molar-refractivity contribution in [3.63, 3.8) is 0 Å². The maximum Gasteiger partial charge on any atom is 0.288 e. The Kier molecular flexibility index (Phi) is 6.58. The predicted octanol–water partition coefficient (Wildman–Crippen LogP) is 1.56. The van der Waals surface area contributed by atoms with Crippen molar-refractivity contribution in [2.75, 3.05) is 25.0 Å².